The molecule has 0 bridgehead atoms. The van der Waals surface area contributed by atoms with Crippen LogP contribution < -0.4 is 25.1 Å². The molecule has 2 rings (SSSR count). The third-order valence-electron chi connectivity index (χ3n) is 4.02. The minimum atomic E-state index is -0.528. The van der Waals surface area contributed by atoms with Gasteiger partial charge in [-0.1, -0.05) is 12.1 Å². The Morgan fingerprint density at radius 3 is 1.79 bits per heavy atom. The Morgan fingerprint density at radius 1 is 0.828 bits per heavy atom. The number of rotatable bonds is 8. The van der Waals surface area contributed by atoms with Crippen LogP contribution in [0, 0.1) is 0 Å². The molecule has 0 radical (unpaired) electrons. The highest BCUT2D eigenvalue weighted by molar-refractivity contribution is 5.99. The smallest absolute Gasteiger partial charge is 0.269 e. The van der Waals surface area contributed by atoms with E-state index in [-0.39, 0.29) is 11.7 Å². The molecule has 0 saturated heterocycles. The molecule has 2 aromatic carbocycles. The van der Waals surface area contributed by atoms with E-state index in [4.69, 9.17) is 18.9 Å². The minimum absolute atomic E-state index is 0.128. The lowest BCUT2D eigenvalue weighted by Gasteiger charge is -2.14. The van der Waals surface area contributed by atoms with Gasteiger partial charge < -0.3 is 18.9 Å². The molecule has 0 saturated carbocycles. The molecule has 156 valence electrons. The van der Waals surface area contributed by atoms with Gasteiger partial charge in [-0.2, -0.15) is 0 Å². The van der Waals surface area contributed by atoms with Crippen LogP contribution in [0.15, 0.2) is 36.4 Å². The first-order valence-electron chi connectivity index (χ1n) is 9.00. The quantitative estimate of drug-likeness (QED) is 0.660. The van der Waals surface area contributed by atoms with Crippen molar-refractivity contribution in [3.05, 3.63) is 53.1 Å². The normalized spacial score (nSPS) is 10.4. The Morgan fingerprint density at radius 2 is 1.34 bits per heavy atom. The zero-order valence-corrected chi connectivity index (χ0v) is 17.2. The number of methoxy groups -OCH3 is 3. The maximum Gasteiger partial charge on any atom is 0.269 e. The Kier molecular flexibility index (Phi) is 7.85. The zero-order chi connectivity index (χ0) is 21.4. The molecular formula is C21H26N2O6. The van der Waals surface area contributed by atoms with Crippen molar-refractivity contribution in [2.75, 3.05) is 21.3 Å². The molecule has 0 heterocycles. The van der Waals surface area contributed by atoms with E-state index < -0.39 is 11.8 Å². The molecule has 0 atom stereocenters. The highest BCUT2D eigenvalue weighted by Gasteiger charge is 2.17. The van der Waals surface area contributed by atoms with E-state index in [9.17, 15) is 9.59 Å². The second-order valence-corrected chi connectivity index (χ2v) is 6.38. The molecular weight excluding hydrogens is 376 g/mol. The van der Waals surface area contributed by atoms with E-state index in [1.54, 1.807) is 24.3 Å². The first-order chi connectivity index (χ1) is 13.9. The van der Waals surface area contributed by atoms with Gasteiger partial charge in [-0.3, -0.25) is 20.4 Å². The monoisotopic (exact) mass is 402 g/mol. The predicted molar refractivity (Wildman–Crippen MR) is 107 cm³/mol. The standard InChI is InChI=1S/C21H26N2O6/c1-13(2)29-12-14-6-8-15(9-7-14)20(24)22-23-21(25)16-10-17(26-3)19(28-5)18(11-16)27-4/h6-11,13H,12H2,1-5H3,(H,22,24)(H,23,25). The van der Waals surface area contributed by atoms with Gasteiger partial charge in [-0.15, -0.1) is 0 Å². The summed E-state index contributed by atoms with van der Waals surface area (Å²) in [5.74, 6) is 0.0730. The number of carbonyl (C=O) groups is 2. The molecule has 29 heavy (non-hydrogen) atoms. The van der Waals surface area contributed by atoms with Gasteiger partial charge in [0.05, 0.1) is 34.0 Å². The van der Waals surface area contributed by atoms with Crippen LogP contribution in [0.1, 0.15) is 40.1 Å². The average Bonchev–Trinajstić information content (AvgIpc) is 2.74. The van der Waals surface area contributed by atoms with Crippen molar-refractivity contribution in [3.63, 3.8) is 0 Å². The van der Waals surface area contributed by atoms with Crippen molar-refractivity contribution in [1.82, 2.24) is 10.9 Å². The van der Waals surface area contributed by atoms with Crippen LogP contribution in [0.4, 0.5) is 0 Å². The lowest BCUT2D eigenvalue weighted by Crippen LogP contribution is -2.41. The summed E-state index contributed by atoms with van der Waals surface area (Å²) in [7, 11) is 4.38. The lowest BCUT2D eigenvalue weighted by atomic mass is 10.1. The molecule has 0 spiro atoms. The molecule has 2 amide bonds. The highest BCUT2D eigenvalue weighted by atomic mass is 16.5. The second kappa shape index (κ2) is 10.3. The summed E-state index contributed by atoms with van der Waals surface area (Å²) in [5, 5.41) is 0. The van der Waals surface area contributed by atoms with E-state index in [0.717, 1.165) is 5.56 Å². The summed E-state index contributed by atoms with van der Waals surface area (Å²) in [6.07, 6.45) is 0.128. The topological polar surface area (TPSA) is 95.1 Å². The van der Waals surface area contributed by atoms with E-state index >= 15 is 0 Å². The van der Waals surface area contributed by atoms with E-state index in [2.05, 4.69) is 10.9 Å². The van der Waals surface area contributed by atoms with E-state index in [0.29, 0.717) is 29.4 Å². The summed E-state index contributed by atoms with van der Waals surface area (Å²) in [5.41, 5.74) is 6.36. The van der Waals surface area contributed by atoms with Crippen LogP contribution in [0.5, 0.6) is 17.2 Å². The zero-order valence-electron chi connectivity index (χ0n) is 17.2. The molecule has 0 fully saturated rings. The Bertz CT molecular complexity index is 824. The van der Waals surface area contributed by atoms with Crippen molar-refractivity contribution in [2.24, 2.45) is 0 Å². The first-order valence-corrected chi connectivity index (χ1v) is 9.00. The number of nitrogens with one attached hydrogen (secondary N) is 2. The van der Waals surface area contributed by atoms with Gasteiger partial charge in [0, 0.05) is 11.1 Å². The van der Waals surface area contributed by atoms with Crippen LogP contribution in [0.2, 0.25) is 0 Å². The number of amides is 2. The second-order valence-electron chi connectivity index (χ2n) is 6.38. The fourth-order valence-corrected chi connectivity index (χ4v) is 2.49. The maximum atomic E-state index is 12.4. The van der Waals surface area contributed by atoms with Gasteiger partial charge in [-0.25, -0.2) is 0 Å². The molecule has 2 N–H and O–H groups in total. The largest absolute Gasteiger partial charge is 0.493 e. The summed E-state index contributed by atoms with van der Waals surface area (Å²) < 4.78 is 21.2. The fraction of sp³-hybridized carbons (Fsp3) is 0.333. The average molecular weight is 402 g/mol. The summed E-state index contributed by atoms with van der Waals surface area (Å²) in [4.78, 5) is 24.7. The summed E-state index contributed by atoms with van der Waals surface area (Å²) in [6, 6.07) is 9.93. The van der Waals surface area contributed by atoms with Crippen LogP contribution in [-0.2, 0) is 11.3 Å². The minimum Gasteiger partial charge on any atom is -0.493 e. The Labute approximate surface area is 170 Å². The van der Waals surface area contributed by atoms with Crippen LogP contribution >= 0.6 is 0 Å². The molecule has 8 nitrogen and oxygen atoms in total. The highest BCUT2D eigenvalue weighted by Crippen LogP contribution is 2.38. The predicted octanol–water partition coefficient (Wildman–Crippen LogP) is 2.71. The molecule has 0 unspecified atom stereocenters. The van der Waals surface area contributed by atoms with E-state index in [1.807, 2.05) is 13.8 Å². The van der Waals surface area contributed by atoms with Crippen LogP contribution in [0.3, 0.4) is 0 Å². The summed E-state index contributed by atoms with van der Waals surface area (Å²) >= 11 is 0. The Hall–Kier alpha value is -3.26. The number of hydrazine groups is 1. The van der Waals surface area contributed by atoms with Crippen molar-refractivity contribution in [3.8, 4) is 17.2 Å². The van der Waals surface area contributed by atoms with Gasteiger partial charge in [0.25, 0.3) is 11.8 Å². The third-order valence-corrected chi connectivity index (χ3v) is 4.02. The molecule has 0 aromatic heterocycles. The van der Waals surface area contributed by atoms with Gasteiger partial charge >= 0.3 is 0 Å². The van der Waals surface area contributed by atoms with Crippen molar-refractivity contribution in [2.45, 2.75) is 26.6 Å². The van der Waals surface area contributed by atoms with Crippen molar-refractivity contribution in [1.29, 1.82) is 0 Å². The first kappa shape index (κ1) is 22.0. The third kappa shape index (κ3) is 5.86. The van der Waals surface area contributed by atoms with Gasteiger partial charge in [0.15, 0.2) is 11.5 Å². The molecule has 0 aliphatic rings. The number of carbonyl (C=O) groups excluding carboxylic acids is 2. The van der Waals surface area contributed by atoms with Gasteiger partial charge in [-0.05, 0) is 43.7 Å². The van der Waals surface area contributed by atoms with Crippen LogP contribution in [0.25, 0.3) is 0 Å². The number of hydrogen-bond acceptors (Lipinski definition) is 6. The van der Waals surface area contributed by atoms with Crippen LogP contribution in [-0.4, -0.2) is 39.2 Å². The molecule has 0 aliphatic carbocycles. The molecule has 0 aliphatic heterocycles. The summed E-state index contributed by atoms with van der Waals surface area (Å²) in [6.45, 7) is 4.38. The number of hydrogen-bond donors (Lipinski definition) is 2. The molecule has 8 heteroatoms. The van der Waals surface area contributed by atoms with Gasteiger partial charge in [0.1, 0.15) is 0 Å². The SMILES string of the molecule is COc1cc(C(=O)NNC(=O)c2ccc(COC(C)C)cc2)cc(OC)c1OC. The lowest BCUT2D eigenvalue weighted by molar-refractivity contribution is 0.0656. The van der Waals surface area contributed by atoms with Crippen molar-refractivity contribution >= 4 is 11.8 Å². The van der Waals surface area contributed by atoms with Gasteiger partial charge in [0.2, 0.25) is 5.75 Å². The molecule has 2 aromatic rings. The number of benzene rings is 2. The Balaban J connectivity index is 2.02. The van der Waals surface area contributed by atoms with E-state index in [1.165, 1.54) is 33.5 Å². The fourth-order valence-electron chi connectivity index (χ4n) is 2.49. The number of ether oxygens (including phenoxy) is 4. The maximum absolute atomic E-state index is 12.4. The van der Waals surface area contributed by atoms with Crippen molar-refractivity contribution < 1.29 is 28.5 Å².